The molecule has 0 aromatic heterocycles. The average Bonchev–Trinajstić information content (AvgIpc) is 3.10. The van der Waals surface area contributed by atoms with E-state index in [4.69, 9.17) is 0 Å². The number of hydrogen-bond donors (Lipinski definition) is 1. The fraction of sp³-hybridized carbons (Fsp3) is 0.650. The molecule has 4 nitrogen and oxygen atoms in total. The van der Waals surface area contributed by atoms with E-state index in [1.165, 1.54) is 18.6 Å². The van der Waals surface area contributed by atoms with Crippen LogP contribution in [0.2, 0.25) is 0 Å². The van der Waals surface area contributed by atoms with Gasteiger partial charge >= 0.3 is 0 Å². The van der Waals surface area contributed by atoms with Gasteiger partial charge in [-0.15, -0.1) is 0 Å². The largest absolute Gasteiger partial charge is 0.371 e. The zero-order valence-corrected chi connectivity index (χ0v) is 15.2. The van der Waals surface area contributed by atoms with Crippen LogP contribution in [0.3, 0.4) is 0 Å². The summed E-state index contributed by atoms with van der Waals surface area (Å²) in [6, 6.07) is 6.75. The summed E-state index contributed by atoms with van der Waals surface area (Å²) in [5.41, 5.74) is 1.07. The van der Waals surface area contributed by atoms with Crippen LogP contribution in [0.4, 0.5) is 10.1 Å². The minimum atomic E-state index is -0.198. The molecule has 2 atom stereocenters. The summed E-state index contributed by atoms with van der Waals surface area (Å²) in [5, 5.41) is 3.20. The van der Waals surface area contributed by atoms with Crippen molar-refractivity contribution in [2.24, 2.45) is 5.92 Å². The molecule has 0 saturated carbocycles. The number of piperidine rings is 1. The quantitative estimate of drug-likeness (QED) is 0.859. The molecule has 2 heterocycles. The van der Waals surface area contributed by atoms with Crippen molar-refractivity contribution < 1.29 is 9.18 Å². The van der Waals surface area contributed by atoms with E-state index in [1.807, 2.05) is 12.1 Å². The number of nitrogens with zero attached hydrogens (tertiary/aromatic N) is 2. The van der Waals surface area contributed by atoms with Gasteiger partial charge in [0.2, 0.25) is 5.91 Å². The lowest BCUT2D eigenvalue weighted by Crippen LogP contribution is -2.50. The van der Waals surface area contributed by atoms with Crippen molar-refractivity contribution in [1.29, 1.82) is 0 Å². The molecule has 0 unspecified atom stereocenters. The first kappa shape index (κ1) is 18.2. The fourth-order valence-electron chi connectivity index (χ4n) is 4.09. The second-order valence-electron chi connectivity index (χ2n) is 7.37. The molecule has 1 amide bonds. The topological polar surface area (TPSA) is 35.6 Å². The van der Waals surface area contributed by atoms with Crippen molar-refractivity contribution in [1.82, 2.24) is 10.2 Å². The molecule has 2 aliphatic heterocycles. The van der Waals surface area contributed by atoms with Gasteiger partial charge in [0, 0.05) is 25.3 Å². The summed E-state index contributed by atoms with van der Waals surface area (Å²) in [4.78, 5) is 17.2. The zero-order valence-electron chi connectivity index (χ0n) is 15.2. The highest BCUT2D eigenvalue weighted by Crippen LogP contribution is 2.24. The number of halogens is 1. The number of carbonyl (C=O) groups is 1. The summed E-state index contributed by atoms with van der Waals surface area (Å²) in [5.74, 6) is 0.474. The number of hydrogen-bond acceptors (Lipinski definition) is 3. The van der Waals surface area contributed by atoms with Crippen LogP contribution in [0.25, 0.3) is 0 Å². The molecule has 1 N–H and O–H groups in total. The van der Waals surface area contributed by atoms with Gasteiger partial charge in [-0.05, 0) is 69.0 Å². The third-order valence-corrected chi connectivity index (χ3v) is 5.47. The molecule has 2 saturated heterocycles. The van der Waals surface area contributed by atoms with E-state index in [-0.39, 0.29) is 17.8 Å². The van der Waals surface area contributed by atoms with Crippen LogP contribution >= 0.6 is 0 Å². The molecule has 0 spiro atoms. The van der Waals surface area contributed by atoms with Crippen LogP contribution in [0.5, 0.6) is 0 Å². The van der Waals surface area contributed by atoms with Crippen LogP contribution in [0.1, 0.15) is 39.0 Å². The highest BCUT2D eigenvalue weighted by molar-refractivity contribution is 5.81. The Bertz CT molecular complexity index is 561. The first-order valence-corrected chi connectivity index (χ1v) is 9.69. The fourth-order valence-corrected chi connectivity index (χ4v) is 4.09. The molecule has 3 rings (SSSR count). The predicted molar refractivity (Wildman–Crippen MR) is 99.2 cm³/mol. The van der Waals surface area contributed by atoms with Crippen LogP contribution in [0.15, 0.2) is 24.3 Å². The lowest BCUT2D eigenvalue weighted by Gasteiger charge is -2.34. The monoisotopic (exact) mass is 347 g/mol. The van der Waals surface area contributed by atoms with Gasteiger partial charge in [-0.25, -0.2) is 4.39 Å². The van der Waals surface area contributed by atoms with Crippen molar-refractivity contribution in [2.45, 2.75) is 45.1 Å². The van der Waals surface area contributed by atoms with Gasteiger partial charge in [0.25, 0.3) is 0 Å². The summed E-state index contributed by atoms with van der Waals surface area (Å²) in [6.07, 6.45) is 5.51. The smallest absolute Gasteiger partial charge is 0.237 e. The molecule has 1 aromatic carbocycles. The Morgan fingerprint density at radius 2 is 2.00 bits per heavy atom. The van der Waals surface area contributed by atoms with Gasteiger partial charge in [0.05, 0.1) is 6.04 Å². The highest BCUT2D eigenvalue weighted by Gasteiger charge is 2.29. The Hall–Kier alpha value is -1.62. The first-order valence-electron chi connectivity index (χ1n) is 9.69. The molecule has 5 heteroatoms. The Kier molecular flexibility index (Phi) is 6.29. The lowest BCUT2D eigenvalue weighted by molar-refractivity contribution is -0.127. The molecule has 2 fully saturated rings. The van der Waals surface area contributed by atoms with Crippen LogP contribution in [-0.4, -0.2) is 49.6 Å². The lowest BCUT2D eigenvalue weighted by atomic mass is 10.0. The van der Waals surface area contributed by atoms with E-state index in [9.17, 15) is 9.18 Å². The average molecular weight is 347 g/mol. The number of anilines is 1. The summed E-state index contributed by atoms with van der Waals surface area (Å²) < 4.78 is 13.1. The SMILES string of the molecule is CCCN1CCCC[C@@H]1C(=O)NC[C@H]1CCN(c2ccc(F)cc2)C1. The molecule has 0 aliphatic carbocycles. The van der Waals surface area contributed by atoms with Crippen LogP contribution in [-0.2, 0) is 4.79 Å². The third-order valence-electron chi connectivity index (χ3n) is 5.47. The van der Waals surface area contributed by atoms with Crippen molar-refractivity contribution in [3.63, 3.8) is 0 Å². The van der Waals surface area contributed by atoms with Crippen molar-refractivity contribution >= 4 is 11.6 Å². The Labute approximate surface area is 150 Å². The molecular weight excluding hydrogens is 317 g/mol. The van der Waals surface area contributed by atoms with Gasteiger partial charge in [0.15, 0.2) is 0 Å². The minimum absolute atomic E-state index is 0.0586. The van der Waals surface area contributed by atoms with Gasteiger partial charge in [-0.2, -0.15) is 0 Å². The molecule has 138 valence electrons. The molecular formula is C20H30FN3O. The maximum Gasteiger partial charge on any atom is 0.237 e. The predicted octanol–water partition coefficient (Wildman–Crippen LogP) is 3.03. The first-order chi connectivity index (χ1) is 12.2. The number of likely N-dealkylation sites (tertiary alicyclic amines) is 1. The maximum absolute atomic E-state index is 13.1. The molecule has 1 aromatic rings. The van der Waals surface area contributed by atoms with E-state index in [0.717, 1.165) is 64.1 Å². The van der Waals surface area contributed by atoms with E-state index in [0.29, 0.717) is 5.92 Å². The van der Waals surface area contributed by atoms with Gasteiger partial charge in [0.1, 0.15) is 5.82 Å². The number of carbonyl (C=O) groups excluding carboxylic acids is 1. The molecule has 2 aliphatic rings. The molecule has 25 heavy (non-hydrogen) atoms. The third kappa shape index (κ3) is 4.72. The van der Waals surface area contributed by atoms with E-state index in [1.54, 1.807) is 0 Å². The standard InChI is InChI=1S/C20H30FN3O/c1-2-11-23-12-4-3-5-19(23)20(25)22-14-16-10-13-24(15-16)18-8-6-17(21)7-9-18/h6-9,16,19H,2-5,10-15H2,1H3,(H,22,25)/t16-,19-/m1/s1. The van der Waals surface area contributed by atoms with Crippen molar-refractivity contribution in [3.8, 4) is 0 Å². The van der Waals surface area contributed by atoms with Crippen LogP contribution < -0.4 is 10.2 Å². The minimum Gasteiger partial charge on any atom is -0.371 e. The Morgan fingerprint density at radius 1 is 1.20 bits per heavy atom. The highest BCUT2D eigenvalue weighted by atomic mass is 19.1. The van der Waals surface area contributed by atoms with Gasteiger partial charge < -0.3 is 10.2 Å². The maximum atomic E-state index is 13.1. The summed E-state index contributed by atoms with van der Waals surface area (Å²) in [7, 11) is 0. The van der Waals surface area contributed by atoms with Gasteiger partial charge in [-0.3, -0.25) is 9.69 Å². The van der Waals surface area contributed by atoms with Gasteiger partial charge in [-0.1, -0.05) is 13.3 Å². The van der Waals surface area contributed by atoms with Crippen molar-refractivity contribution in [3.05, 3.63) is 30.1 Å². The normalized spacial score (nSPS) is 24.5. The number of amides is 1. The Balaban J connectivity index is 1.47. The van der Waals surface area contributed by atoms with Crippen molar-refractivity contribution in [2.75, 3.05) is 37.6 Å². The second-order valence-corrected chi connectivity index (χ2v) is 7.37. The van der Waals surface area contributed by atoms with E-state index >= 15 is 0 Å². The Morgan fingerprint density at radius 3 is 2.76 bits per heavy atom. The van der Waals surface area contributed by atoms with E-state index < -0.39 is 0 Å². The van der Waals surface area contributed by atoms with Crippen LogP contribution in [0, 0.1) is 11.7 Å². The summed E-state index contributed by atoms with van der Waals surface area (Å²) in [6.45, 7) is 6.87. The zero-order chi connectivity index (χ0) is 17.6. The number of nitrogens with one attached hydrogen (secondary N) is 1. The second kappa shape index (κ2) is 8.65. The molecule has 0 bridgehead atoms. The number of benzene rings is 1. The summed E-state index contributed by atoms with van der Waals surface area (Å²) >= 11 is 0. The van der Waals surface area contributed by atoms with E-state index in [2.05, 4.69) is 22.0 Å². The molecule has 0 radical (unpaired) electrons. The number of rotatable bonds is 6.